The fraction of sp³-hybridized carbons (Fsp3) is 1.00. The summed E-state index contributed by atoms with van der Waals surface area (Å²) in [6.45, 7) is 3.22. The molecule has 0 saturated heterocycles. The van der Waals surface area contributed by atoms with Gasteiger partial charge in [0.15, 0.2) is 0 Å². The number of hydrogen-bond acceptors (Lipinski definition) is 1. The van der Waals surface area contributed by atoms with Crippen LogP contribution in [-0.4, -0.2) is 6.54 Å². The minimum atomic E-state index is 0.783. The molecule has 0 spiro atoms. The molecular weight excluding hydrogens is 134 g/mol. The summed E-state index contributed by atoms with van der Waals surface area (Å²) < 4.78 is 0. The smallest absolute Gasteiger partial charge is 0.00488 e. The number of rotatable bonds is 2. The Labute approximate surface area is 69.4 Å². The third-order valence-corrected chi connectivity index (χ3v) is 3.74. The van der Waals surface area contributed by atoms with Crippen molar-refractivity contribution in [3.05, 3.63) is 0 Å². The van der Waals surface area contributed by atoms with Crippen LogP contribution in [0, 0.1) is 23.7 Å². The van der Waals surface area contributed by atoms with E-state index >= 15 is 0 Å². The van der Waals surface area contributed by atoms with Crippen LogP contribution < -0.4 is 5.73 Å². The van der Waals surface area contributed by atoms with Crippen molar-refractivity contribution in [2.45, 2.75) is 32.6 Å². The van der Waals surface area contributed by atoms with Crippen molar-refractivity contribution in [2.75, 3.05) is 6.54 Å². The topological polar surface area (TPSA) is 26.0 Å². The second-order valence-corrected chi connectivity index (χ2v) is 4.47. The predicted molar refractivity (Wildman–Crippen MR) is 47.2 cm³/mol. The molecule has 4 unspecified atom stereocenters. The van der Waals surface area contributed by atoms with E-state index in [0.29, 0.717) is 0 Å². The van der Waals surface area contributed by atoms with Crippen molar-refractivity contribution in [3.63, 3.8) is 0 Å². The van der Waals surface area contributed by atoms with Gasteiger partial charge in [-0.15, -0.1) is 0 Å². The summed E-state index contributed by atoms with van der Waals surface area (Å²) in [6.07, 6.45) is 5.96. The third kappa shape index (κ3) is 1.31. The fourth-order valence-corrected chi connectivity index (χ4v) is 2.84. The molecule has 0 aromatic heterocycles. The van der Waals surface area contributed by atoms with Crippen LogP contribution in [0.25, 0.3) is 0 Å². The zero-order valence-electron chi connectivity index (χ0n) is 7.42. The molecule has 11 heavy (non-hydrogen) atoms. The number of fused-ring (bicyclic) bond motifs is 1. The van der Waals surface area contributed by atoms with Crippen LogP contribution in [0.4, 0.5) is 0 Å². The van der Waals surface area contributed by atoms with Gasteiger partial charge in [-0.05, 0) is 43.1 Å². The first kappa shape index (κ1) is 7.60. The lowest BCUT2D eigenvalue weighted by Gasteiger charge is -2.26. The summed E-state index contributed by atoms with van der Waals surface area (Å²) >= 11 is 0. The Balaban J connectivity index is 1.92. The first-order chi connectivity index (χ1) is 5.33. The van der Waals surface area contributed by atoms with Gasteiger partial charge in [0.25, 0.3) is 0 Å². The largest absolute Gasteiger partial charge is 0.330 e. The molecule has 1 heteroatoms. The van der Waals surface area contributed by atoms with Crippen LogP contribution in [0.5, 0.6) is 0 Å². The van der Waals surface area contributed by atoms with E-state index in [0.717, 1.165) is 30.2 Å². The molecule has 1 nitrogen and oxygen atoms in total. The van der Waals surface area contributed by atoms with Crippen LogP contribution >= 0.6 is 0 Å². The Morgan fingerprint density at radius 2 is 2.27 bits per heavy atom. The van der Waals surface area contributed by atoms with Crippen molar-refractivity contribution in [3.8, 4) is 0 Å². The van der Waals surface area contributed by atoms with Gasteiger partial charge in [0.2, 0.25) is 0 Å². The highest BCUT2D eigenvalue weighted by molar-refractivity contribution is 4.96. The molecule has 0 aliphatic heterocycles. The van der Waals surface area contributed by atoms with Gasteiger partial charge < -0.3 is 5.73 Å². The van der Waals surface area contributed by atoms with Gasteiger partial charge in [-0.1, -0.05) is 19.8 Å². The highest BCUT2D eigenvalue weighted by Crippen LogP contribution is 2.54. The maximum atomic E-state index is 5.68. The molecule has 0 aromatic carbocycles. The highest BCUT2D eigenvalue weighted by Gasteiger charge is 2.46. The molecule has 2 aliphatic rings. The lowest BCUT2D eigenvalue weighted by molar-refractivity contribution is 0.249. The second kappa shape index (κ2) is 2.78. The van der Waals surface area contributed by atoms with Crippen molar-refractivity contribution >= 4 is 0 Å². The van der Waals surface area contributed by atoms with E-state index in [4.69, 9.17) is 5.73 Å². The molecule has 2 aliphatic carbocycles. The third-order valence-electron chi connectivity index (χ3n) is 3.74. The summed E-state index contributed by atoms with van der Waals surface area (Å²) in [5, 5.41) is 0. The Bertz CT molecular complexity index is 142. The van der Waals surface area contributed by atoms with E-state index in [2.05, 4.69) is 6.92 Å². The van der Waals surface area contributed by atoms with Crippen molar-refractivity contribution in [1.82, 2.24) is 0 Å². The quantitative estimate of drug-likeness (QED) is 0.645. The maximum absolute atomic E-state index is 5.68. The zero-order chi connectivity index (χ0) is 7.84. The Morgan fingerprint density at radius 1 is 1.45 bits per heavy atom. The lowest BCUT2D eigenvalue weighted by atomic mass is 9.80. The van der Waals surface area contributed by atoms with Gasteiger partial charge in [0.1, 0.15) is 0 Å². The maximum Gasteiger partial charge on any atom is -0.00488 e. The van der Waals surface area contributed by atoms with Crippen molar-refractivity contribution in [2.24, 2.45) is 29.4 Å². The molecule has 2 rings (SSSR count). The Kier molecular flexibility index (Phi) is 1.92. The van der Waals surface area contributed by atoms with Crippen LogP contribution in [0.2, 0.25) is 0 Å². The average molecular weight is 153 g/mol. The predicted octanol–water partition coefficient (Wildman–Crippen LogP) is 2.02. The highest BCUT2D eigenvalue weighted by atomic mass is 14.6. The monoisotopic (exact) mass is 153 g/mol. The molecule has 0 amide bonds. The zero-order valence-corrected chi connectivity index (χ0v) is 7.42. The number of nitrogens with two attached hydrogens (primary N) is 1. The average Bonchev–Trinajstić information content (AvgIpc) is 2.80. The van der Waals surface area contributed by atoms with E-state index in [-0.39, 0.29) is 0 Å². The van der Waals surface area contributed by atoms with Crippen LogP contribution in [0.15, 0.2) is 0 Å². The fourth-order valence-electron chi connectivity index (χ4n) is 2.84. The SMILES string of the molecule is CC(CN)C1CCCC2CC21. The minimum Gasteiger partial charge on any atom is -0.330 e. The summed E-state index contributed by atoms with van der Waals surface area (Å²) in [5.41, 5.74) is 5.68. The molecule has 64 valence electrons. The molecule has 2 N–H and O–H groups in total. The minimum absolute atomic E-state index is 0.783. The van der Waals surface area contributed by atoms with Gasteiger partial charge in [-0.25, -0.2) is 0 Å². The standard InChI is InChI=1S/C10H19N/c1-7(6-11)9-4-2-3-8-5-10(8)9/h7-10H,2-6,11H2,1H3. The lowest BCUT2D eigenvalue weighted by Crippen LogP contribution is -2.24. The molecule has 0 heterocycles. The second-order valence-electron chi connectivity index (χ2n) is 4.47. The Morgan fingerprint density at radius 3 is 3.00 bits per heavy atom. The molecule has 0 aromatic rings. The van der Waals surface area contributed by atoms with E-state index in [1.165, 1.54) is 25.7 Å². The van der Waals surface area contributed by atoms with Crippen molar-refractivity contribution in [1.29, 1.82) is 0 Å². The first-order valence-corrected chi connectivity index (χ1v) is 5.03. The molecule has 2 fully saturated rings. The Hall–Kier alpha value is -0.0400. The van der Waals surface area contributed by atoms with Crippen LogP contribution in [0.3, 0.4) is 0 Å². The summed E-state index contributed by atoms with van der Waals surface area (Å²) in [5.74, 6) is 3.97. The van der Waals surface area contributed by atoms with E-state index in [9.17, 15) is 0 Å². The summed E-state index contributed by atoms with van der Waals surface area (Å²) in [7, 11) is 0. The van der Waals surface area contributed by atoms with Gasteiger partial charge in [0, 0.05) is 0 Å². The molecular formula is C10H19N. The van der Waals surface area contributed by atoms with Crippen molar-refractivity contribution < 1.29 is 0 Å². The molecule has 0 radical (unpaired) electrons. The van der Waals surface area contributed by atoms with Crippen LogP contribution in [-0.2, 0) is 0 Å². The van der Waals surface area contributed by atoms with E-state index < -0.39 is 0 Å². The van der Waals surface area contributed by atoms with Gasteiger partial charge in [0.05, 0.1) is 0 Å². The van der Waals surface area contributed by atoms with Gasteiger partial charge in [-0.2, -0.15) is 0 Å². The summed E-state index contributed by atoms with van der Waals surface area (Å²) in [4.78, 5) is 0. The van der Waals surface area contributed by atoms with E-state index in [1.54, 1.807) is 0 Å². The molecule has 2 saturated carbocycles. The molecule has 0 bridgehead atoms. The first-order valence-electron chi connectivity index (χ1n) is 5.03. The number of hydrogen-bond donors (Lipinski definition) is 1. The van der Waals surface area contributed by atoms with Gasteiger partial charge in [-0.3, -0.25) is 0 Å². The van der Waals surface area contributed by atoms with E-state index in [1.807, 2.05) is 0 Å². The summed E-state index contributed by atoms with van der Waals surface area (Å²) in [6, 6.07) is 0. The molecule has 4 atom stereocenters. The van der Waals surface area contributed by atoms with Gasteiger partial charge >= 0.3 is 0 Å². The van der Waals surface area contributed by atoms with Crippen LogP contribution in [0.1, 0.15) is 32.6 Å². The normalized spacial score (nSPS) is 44.7.